The monoisotopic (exact) mass is 661 g/mol. The lowest BCUT2D eigenvalue weighted by Crippen LogP contribution is -2.53. The number of likely N-dealkylation sites (N-methyl/N-ethyl adjacent to an activating group) is 1. The number of carbonyl (C=O) groups excluding carboxylic acids is 2. The van der Waals surface area contributed by atoms with E-state index < -0.39 is 28.5 Å². The lowest BCUT2D eigenvalue weighted by molar-refractivity contribution is -0.139. The Hall–Kier alpha value is -3.95. The fraction of sp³-hybridized carbons (Fsp3) is 0.235. The Morgan fingerprint density at radius 3 is 2.16 bits per heavy atom. The van der Waals surface area contributed by atoms with E-state index in [0.717, 1.165) is 26.7 Å². The number of nitrogens with zero attached hydrogens (tertiary/aromatic N) is 2. The van der Waals surface area contributed by atoms with Gasteiger partial charge in [0.2, 0.25) is 11.8 Å². The quantitative estimate of drug-likeness (QED) is 0.205. The van der Waals surface area contributed by atoms with Gasteiger partial charge in [-0.25, -0.2) is 8.42 Å². The van der Waals surface area contributed by atoms with Crippen LogP contribution in [0.3, 0.4) is 0 Å². The van der Waals surface area contributed by atoms with Gasteiger partial charge in [0, 0.05) is 24.5 Å². The zero-order valence-electron chi connectivity index (χ0n) is 24.5. The summed E-state index contributed by atoms with van der Waals surface area (Å²) >= 11 is 3.50. The number of benzene rings is 4. The molecule has 1 atom stereocenters. The van der Waals surface area contributed by atoms with Crippen molar-refractivity contribution < 1.29 is 18.0 Å². The lowest BCUT2D eigenvalue weighted by atomic mass is 10.0. The summed E-state index contributed by atoms with van der Waals surface area (Å²) in [6, 6.07) is 29.9. The van der Waals surface area contributed by atoms with E-state index in [0.29, 0.717) is 12.1 Å². The van der Waals surface area contributed by atoms with E-state index in [9.17, 15) is 18.0 Å². The molecule has 224 valence electrons. The standard InChI is InChI=1S/C34H36BrN3O4S/c1-4-28-14-8-9-16-31(28)38(43(41,42)30-19-17-25(2)18-20-30)24-33(39)37(23-27-13-10-15-29(35)21-27)32(34(40)36-3)22-26-11-6-5-7-12-26/h5-21,32H,4,22-24H2,1-3H3,(H,36,40). The number of hydrogen-bond donors (Lipinski definition) is 1. The van der Waals surface area contributed by atoms with E-state index in [-0.39, 0.29) is 23.8 Å². The van der Waals surface area contributed by atoms with Gasteiger partial charge in [0.25, 0.3) is 10.0 Å². The summed E-state index contributed by atoms with van der Waals surface area (Å²) in [7, 11) is -2.61. The lowest BCUT2D eigenvalue weighted by Gasteiger charge is -2.34. The molecule has 4 aromatic rings. The highest BCUT2D eigenvalue weighted by atomic mass is 79.9. The smallest absolute Gasteiger partial charge is 0.264 e. The zero-order chi connectivity index (χ0) is 31.0. The number of carbonyl (C=O) groups is 2. The summed E-state index contributed by atoms with van der Waals surface area (Å²) < 4.78 is 30.4. The number of halogens is 1. The fourth-order valence-corrected chi connectivity index (χ4v) is 6.86. The van der Waals surface area contributed by atoms with Gasteiger partial charge in [0.1, 0.15) is 12.6 Å². The van der Waals surface area contributed by atoms with Crippen molar-refractivity contribution in [1.29, 1.82) is 0 Å². The van der Waals surface area contributed by atoms with Crippen molar-refractivity contribution in [3.05, 3.63) is 130 Å². The van der Waals surface area contributed by atoms with Gasteiger partial charge in [-0.1, -0.05) is 101 Å². The Morgan fingerprint density at radius 1 is 0.860 bits per heavy atom. The van der Waals surface area contributed by atoms with Crippen LogP contribution < -0.4 is 9.62 Å². The Labute approximate surface area is 262 Å². The third kappa shape index (κ3) is 7.91. The zero-order valence-corrected chi connectivity index (χ0v) is 26.9. The molecular formula is C34H36BrN3O4S. The van der Waals surface area contributed by atoms with Gasteiger partial charge >= 0.3 is 0 Å². The minimum Gasteiger partial charge on any atom is -0.357 e. The van der Waals surface area contributed by atoms with Gasteiger partial charge < -0.3 is 10.2 Å². The predicted molar refractivity (Wildman–Crippen MR) is 174 cm³/mol. The summed E-state index contributed by atoms with van der Waals surface area (Å²) in [6.07, 6.45) is 0.831. The van der Waals surface area contributed by atoms with Crippen molar-refractivity contribution in [3.8, 4) is 0 Å². The average molecular weight is 663 g/mol. The van der Waals surface area contributed by atoms with Crippen LogP contribution in [0.15, 0.2) is 112 Å². The minimum absolute atomic E-state index is 0.0856. The number of anilines is 1. The number of para-hydroxylation sites is 1. The molecule has 0 heterocycles. The summed E-state index contributed by atoms with van der Waals surface area (Å²) in [5.74, 6) is -0.833. The first kappa shape index (κ1) is 32.0. The van der Waals surface area contributed by atoms with E-state index in [1.54, 1.807) is 36.4 Å². The minimum atomic E-state index is -4.14. The molecule has 9 heteroatoms. The Bertz CT molecular complexity index is 1660. The third-order valence-electron chi connectivity index (χ3n) is 7.29. The number of sulfonamides is 1. The van der Waals surface area contributed by atoms with Crippen molar-refractivity contribution in [3.63, 3.8) is 0 Å². The maximum atomic E-state index is 14.4. The molecule has 0 fully saturated rings. The molecule has 4 aromatic carbocycles. The van der Waals surface area contributed by atoms with Crippen LogP contribution in [0.4, 0.5) is 5.69 Å². The first-order valence-corrected chi connectivity index (χ1v) is 16.3. The first-order valence-electron chi connectivity index (χ1n) is 14.1. The molecular weight excluding hydrogens is 626 g/mol. The molecule has 43 heavy (non-hydrogen) atoms. The number of amides is 2. The van der Waals surface area contributed by atoms with Gasteiger partial charge in [-0.15, -0.1) is 0 Å². The summed E-state index contributed by atoms with van der Waals surface area (Å²) in [5, 5.41) is 2.71. The van der Waals surface area contributed by atoms with Gasteiger partial charge in [0.15, 0.2) is 0 Å². The molecule has 7 nitrogen and oxygen atoms in total. The molecule has 4 rings (SSSR count). The molecule has 0 spiro atoms. The van der Waals surface area contributed by atoms with Gasteiger partial charge in [-0.3, -0.25) is 13.9 Å². The normalized spacial score (nSPS) is 11.9. The molecule has 0 saturated heterocycles. The maximum Gasteiger partial charge on any atom is 0.264 e. The van der Waals surface area contributed by atoms with Crippen molar-refractivity contribution >= 4 is 43.5 Å². The molecule has 1 N–H and O–H groups in total. The van der Waals surface area contributed by atoms with Crippen LogP contribution in [-0.4, -0.2) is 44.8 Å². The fourth-order valence-electron chi connectivity index (χ4n) is 4.96. The predicted octanol–water partition coefficient (Wildman–Crippen LogP) is 5.90. The number of hydrogen-bond acceptors (Lipinski definition) is 4. The molecule has 0 bridgehead atoms. The average Bonchev–Trinajstić information content (AvgIpc) is 3.01. The van der Waals surface area contributed by atoms with Crippen molar-refractivity contribution in [2.75, 3.05) is 17.9 Å². The number of rotatable bonds is 12. The number of aryl methyl sites for hydroxylation is 2. The van der Waals surface area contributed by atoms with Crippen LogP contribution in [0.1, 0.15) is 29.2 Å². The summed E-state index contributed by atoms with van der Waals surface area (Å²) in [4.78, 5) is 29.4. The first-order chi connectivity index (χ1) is 20.6. The van der Waals surface area contributed by atoms with Crippen molar-refractivity contribution in [2.24, 2.45) is 0 Å². The van der Waals surface area contributed by atoms with Gasteiger partial charge in [0.05, 0.1) is 10.6 Å². The van der Waals surface area contributed by atoms with E-state index in [2.05, 4.69) is 21.2 Å². The highest BCUT2D eigenvalue weighted by Gasteiger charge is 2.34. The molecule has 0 saturated carbocycles. The van der Waals surface area contributed by atoms with Crippen LogP contribution in [-0.2, 0) is 39.0 Å². The van der Waals surface area contributed by atoms with Crippen LogP contribution in [0.25, 0.3) is 0 Å². The Kier molecular flexibility index (Phi) is 10.8. The van der Waals surface area contributed by atoms with Crippen LogP contribution in [0.2, 0.25) is 0 Å². The van der Waals surface area contributed by atoms with E-state index in [4.69, 9.17) is 0 Å². The van der Waals surface area contributed by atoms with E-state index in [1.807, 2.05) is 80.6 Å². The van der Waals surface area contributed by atoms with Crippen LogP contribution >= 0.6 is 15.9 Å². The molecule has 1 unspecified atom stereocenters. The molecule has 2 amide bonds. The molecule has 0 aliphatic rings. The van der Waals surface area contributed by atoms with E-state index in [1.165, 1.54) is 16.3 Å². The van der Waals surface area contributed by atoms with Gasteiger partial charge in [-0.05, 0) is 60.4 Å². The molecule has 0 aliphatic carbocycles. The third-order valence-corrected chi connectivity index (χ3v) is 9.56. The topological polar surface area (TPSA) is 86.8 Å². The molecule has 0 aromatic heterocycles. The summed E-state index contributed by atoms with van der Waals surface area (Å²) in [6.45, 7) is 3.45. The van der Waals surface area contributed by atoms with Crippen molar-refractivity contribution in [1.82, 2.24) is 10.2 Å². The second-order valence-corrected chi connectivity index (χ2v) is 13.1. The Balaban J connectivity index is 1.81. The maximum absolute atomic E-state index is 14.4. The van der Waals surface area contributed by atoms with Crippen LogP contribution in [0.5, 0.6) is 0 Å². The second-order valence-electron chi connectivity index (χ2n) is 10.3. The highest BCUT2D eigenvalue weighted by molar-refractivity contribution is 9.10. The Morgan fingerprint density at radius 2 is 1.51 bits per heavy atom. The van der Waals surface area contributed by atoms with Gasteiger partial charge in [-0.2, -0.15) is 0 Å². The van der Waals surface area contributed by atoms with E-state index >= 15 is 0 Å². The highest BCUT2D eigenvalue weighted by Crippen LogP contribution is 2.29. The number of nitrogens with one attached hydrogen (secondary N) is 1. The largest absolute Gasteiger partial charge is 0.357 e. The summed E-state index contributed by atoms with van der Waals surface area (Å²) in [5.41, 5.74) is 3.82. The van der Waals surface area contributed by atoms with Crippen LogP contribution in [0, 0.1) is 6.92 Å². The molecule has 0 radical (unpaired) electrons. The molecule has 0 aliphatic heterocycles. The van der Waals surface area contributed by atoms with Crippen molar-refractivity contribution in [2.45, 2.75) is 44.2 Å². The second kappa shape index (κ2) is 14.5. The SMILES string of the molecule is CCc1ccccc1N(CC(=O)N(Cc1cccc(Br)c1)C(Cc1ccccc1)C(=O)NC)S(=O)(=O)c1ccc(C)cc1.